The zero-order valence-corrected chi connectivity index (χ0v) is 9.64. The molecule has 2 aromatic rings. The van der Waals surface area contributed by atoms with Crippen molar-refractivity contribution in [2.24, 2.45) is 0 Å². The van der Waals surface area contributed by atoms with Gasteiger partial charge in [0.25, 0.3) is 0 Å². The Hall–Kier alpha value is -2.30. The van der Waals surface area contributed by atoms with Crippen molar-refractivity contribution in [3.63, 3.8) is 0 Å². The summed E-state index contributed by atoms with van der Waals surface area (Å²) in [7, 11) is 0. The van der Waals surface area contributed by atoms with Gasteiger partial charge in [-0.2, -0.15) is 5.10 Å². The van der Waals surface area contributed by atoms with E-state index < -0.39 is 5.97 Å². The first-order valence-electron chi connectivity index (χ1n) is 5.16. The Morgan fingerprint density at radius 3 is 2.41 bits per heavy atom. The van der Waals surface area contributed by atoms with Crippen molar-refractivity contribution < 1.29 is 9.90 Å². The fraction of sp³-hybridized carbons (Fsp3) is 0.167. The molecule has 1 aromatic carbocycles. The molecule has 0 saturated heterocycles. The highest BCUT2D eigenvalue weighted by Gasteiger charge is 2.14. The lowest BCUT2D eigenvalue weighted by Crippen LogP contribution is -2.06. The number of aryl methyl sites for hydroxylation is 2. The third-order valence-electron chi connectivity index (χ3n) is 2.61. The predicted octanol–water partition coefficient (Wildman–Crippen LogP) is 1.77. The van der Waals surface area contributed by atoms with Crippen LogP contribution in [0.4, 0.5) is 5.82 Å². The summed E-state index contributed by atoms with van der Waals surface area (Å²) in [6.45, 7) is 3.87. The Balaban J connectivity index is 2.64. The molecule has 5 nitrogen and oxygen atoms in total. The minimum Gasteiger partial charge on any atom is -0.476 e. The van der Waals surface area contributed by atoms with Crippen molar-refractivity contribution >= 4 is 11.8 Å². The molecule has 0 unspecified atom stereocenters. The van der Waals surface area contributed by atoms with E-state index in [9.17, 15) is 4.79 Å². The van der Waals surface area contributed by atoms with E-state index in [1.54, 1.807) is 0 Å². The molecule has 1 aromatic heterocycles. The molecule has 0 aliphatic heterocycles. The maximum absolute atomic E-state index is 10.8. The average molecular weight is 231 g/mol. The number of nitrogen functional groups attached to an aromatic ring is 1. The summed E-state index contributed by atoms with van der Waals surface area (Å²) in [5.74, 6) is -0.763. The molecule has 5 heteroatoms. The molecule has 2 rings (SSSR count). The van der Waals surface area contributed by atoms with Crippen LogP contribution >= 0.6 is 0 Å². The second-order valence-corrected chi connectivity index (χ2v) is 3.91. The number of aromatic carboxylic acids is 1. The fourth-order valence-corrected chi connectivity index (χ4v) is 1.82. The Morgan fingerprint density at radius 2 is 1.94 bits per heavy atom. The van der Waals surface area contributed by atoms with Crippen LogP contribution in [0.2, 0.25) is 0 Å². The number of hydrogen-bond donors (Lipinski definition) is 2. The zero-order valence-electron chi connectivity index (χ0n) is 9.64. The van der Waals surface area contributed by atoms with Crippen molar-refractivity contribution in [1.29, 1.82) is 0 Å². The lowest BCUT2D eigenvalue weighted by molar-refractivity contribution is 0.0690. The van der Waals surface area contributed by atoms with Crippen LogP contribution in [0.25, 0.3) is 5.69 Å². The van der Waals surface area contributed by atoms with Gasteiger partial charge in [0.1, 0.15) is 5.82 Å². The number of nitrogens with zero attached hydrogens (tertiary/aromatic N) is 2. The van der Waals surface area contributed by atoms with Gasteiger partial charge < -0.3 is 10.8 Å². The average Bonchev–Trinajstić information content (AvgIpc) is 2.61. The molecule has 0 fully saturated rings. The number of carbonyl (C=O) groups is 1. The standard InChI is InChI=1S/C12H13N3O2/c1-7-4-3-5-8(2)11(7)15-10(13)6-9(14-15)12(16)17/h3-6H,13H2,1-2H3,(H,16,17). The lowest BCUT2D eigenvalue weighted by Gasteiger charge is -2.10. The van der Waals surface area contributed by atoms with Crippen LogP contribution in [0.1, 0.15) is 21.6 Å². The molecule has 0 atom stereocenters. The molecule has 0 aliphatic carbocycles. The van der Waals surface area contributed by atoms with E-state index in [1.165, 1.54) is 10.7 Å². The van der Waals surface area contributed by atoms with Crippen molar-refractivity contribution in [3.05, 3.63) is 41.1 Å². The van der Waals surface area contributed by atoms with Gasteiger partial charge in [0.2, 0.25) is 0 Å². The number of carboxylic acid groups (broad SMARTS) is 1. The summed E-state index contributed by atoms with van der Waals surface area (Å²) in [5.41, 5.74) is 8.56. The van der Waals surface area contributed by atoms with Crippen molar-refractivity contribution in [3.8, 4) is 5.69 Å². The lowest BCUT2D eigenvalue weighted by atomic mass is 10.1. The maximum atomic E-state index is 10.8. The highest BCUT2D eigenvalue weighted by Crippen LogP contribution is 2.21. The van der Waals surface area contributed by atoms with Crippen LogP contribution in [-0.2, 0) is 0 Å². The number of hydrogen-bond acceptors (Lipinski definition) is 3. The van der Waals surface area contributed by atoms with Gasteiger partial charge in [0, 0.05) is 6.07 Å². The smallest absolute Gasteiger partial charge is 0.356 e. The molecular formula is C12H13N3O2. The summed E-state index contributed by atoms with van der Waals surface area (Å²) in [5, 5.41) is 12.9. The minimum absolute atomic E-state index is 0.0508. The second kappa shape index (κ2) is 3.93. The summed E-state index contributed by atoms with van der Waals surface area (Å²) >= 11 is 0. The van der Waals surface area contributed by atoms with Gasteiger partial charge in [-0.1, -0.05) is 18.2 Å². The normalized spacial score (nSPS) is 10.5. The van der Waals surface area contributed by atoms with Crippen molar-refractivity contribution in [2.75, 3.05) is 5.73 Å². The summed E-state index contributed by atoms with van der Waals surface area (Å²) in [4.78, 5) is 10.8. The molecule has 17 heavy (non-hydrogen) atoms. The summed E-state index contributed by atoms with van der Waals surface area (Å²) in [6.07, 6.45) is 0. The predicted molar refractivity (Wildman–Crippen MR) is 64.4 cm³/mol. The van der Waals surface area contributed by atoms with Gasteiger partial charge in [-0.05, 0) is 25.0 Å². The number of carboxylic acids is 1. The van der Waals surface area contributed by atoms with Crippen LogP contribution < -0.4 is 5.73 Å². The Bertz CT molecular complexity index is 567. The molecule has 0 spiro atoms. The number of para-hydroxylation sites is 1. The van der Waals surface area contributed by atoms with E-state index in [1.807, 2.05) is 32.0 Å². The van der Waals surface area contributed by atoms with E-state index >= 15 is 0 Å². The number of anilines is 1. The molecule has 0 radical (unpaired) electrons. The molecular weight excluding hydrogens is 218 g/mol. The Kier molecular flexibility index (Phi) is 2.59. The molecule has 1 heterocycles. The van der Waals surface area contributed by atoms with E-state index in [4.69, 9.17) is 10.8 Å². The van der Waals surface area contributed by atoms with E-state index in [0.717, 1.165) is 16.8 Å². The largest absolute Gasteiger partial charge is 0.476 e. The van der Waals surface area contributed by atoms with Gasteiger partial charge in [-0.3, -0.25) is 0 Å². The van der Waals surface area contributed by atoms with E-state index in [-0.39, 0.29) is 5.69 Å². The number of rotatable bonds is 2. The third kappa shape index (κ3) is 1.87. The first-order chi connectivity index (χ1) is 8.00. The second-order valence-electron chi connectivity index (χ2n) is 3.91. The highest BCUT2D eigenvalue weighted by molar-refractivity contribution is 5.86. The Morgan fingerprint density at radius 1 is 1.35 bits per heavy atom. The van der Waals surface area contributed by atoms with Crippen LogP contribution in [0.15, 0.2) is 24.3 Å². The monoisotopic (exact) mass is 231 g/mol. The Labute approximate surface area is 98.5 Å². The number of benzene rings is 1. The highest BCUT2D eigenvalue weighted by atomic mass is 16.4. The van der Waals surface area contributed by atoms with E-state index in [2.05, 4.69) is 5.10 Å². The van der Waals surface area contributed by atoms with Gasteiger partial charge in [0.05, 0.1) is 5.69 Å². The van der Waals surface area contributed by atoms with Crippen LogP contribution in [0.5, 0.6) is 0 Å². The van der Waals surface area contributed by atoms with Crippen LogP contribution in [-0.4, -0.2) is 20.9 Å². The van der Waals surface area contributed by atoms with Gasteiger partial charge in [-0.25, -0.2) is 9.48 Å². The first kappa shape index (κ1) is 11.2. The van der Waals surface area contributed by atoms with Gasteiger partial charge in [0.15, 0.2) is 5.69 Å². The number of aromatic nitrogens is 2. The quantitative estimate of drug-likeness (QED) is 0.825. The first-order valence-corrected chi connectivity index (χ1v) is 5.16. The topological polar surface area (TPSA) is 81.1 Å². The molecule has 0 aliphatic rings. The molecule has 88 valence electrons. The van der Waals surface area contributed by atoms with Gasteiger partial charge in [-0.15, -0.1) is 0 Å². The number of nitrogens with two attached hydrogens (primary N) is 1. The molecule has 0 amide bonds. The van der Waals surface area contributed by atoms with Crippen molar-refractivity contribution in [2.45, 2.75) is 13.8 Å². The minimum atomic E-state index is -1.08. The molecule has 0 bridgehead atoms. The molecule has 0 saturated carbocycles. The fourth-order valence-electron chi connectivity index (χ4n) is 1.82. The van der Waals surface area contributed by atoms with E-state index in [0.29, 0.717) is 5.82 Å². The zero-order chi connectivity index (χ0) is 12.6. The van der Waals surface area contributed by atoms with Crippen LogP contribution in [0.3, 0.4) is 0 Å². The summed E-state index contributed by atoms with van der Waals surface area (Å²) in [6, 6.07) is 7.16. The third-order valence-corrected chi connectivity index (χ3v) is 2.61. The van der Waals surface area contributed by atoms with Crippen LogP contribution in [0, 0.1) is 13.8 Å². The van der Waals surface area contributed by atoms with Crippen molar-refractivity contribution in [1.82, 2.24) is 9.78 Å². The summed E-state index contributed by atoms with van der Waals surface area (Å²) < 4.78 is 1.47. The molecule has 3 N–H and O–H groups in total. The maximum Gasteiger partial charge on any atom is 0.356 e. The SMILES string of the molecule is Cc1cccc(C)c1-n1nc(C(=O)O)cc1N. The van der Waals surface area contributed by atoms with Gasteiger partial charge >= 0.3 is 5.97 Å².